The van der Waals surface area contributed by atoms with Crippen LogP contribution in [-0.2, 0) is 11.3 Å². The fraction of sp³-hybridized carbons (Fsp3) is 0.100. The minimum atomic E-state index is -0.654. The lowest BCUT2D eigenvalue weighted by Gasteiger charge is -2.10. The molecule has 144 valence electrons. The average Bonchev–Trinajstić information content (AvgIpc) is 3.13. The average molecular weight is 444 g/mol. The number of carbonyl (C=O) groups excluding carboxylic acids is 3. The molecule has 6 nitrogen and oxygen atoms in total. The highest BCUT2D eigenvalue weighted by Gasteiger charge is 2.36. The van der Waals surface area contributed by atoms with Crippen LogP contribution in [0.15, 0.2) is 41.4 Å². The van der Waals surface area contributed by atoms with Gasteiger partial charge in [-0.05, 0) is 24.3 Å². The van der Waals surface area contributed by atoms with Gasteiger partial charge < -0.3 is 4.57 Å². The molecule has 0 N–H and O–H groups in total. The van der Waals surface area contributed by atoms with E-state index in [0.29, 0.717) is 25.1 Å². The van der Waals surface area contributed by atoms with Crippen LogP contribution in [0.3, 0.4) is 0 Å². The predicted octanol–water partition coefficient (Wildman–Crippen LogP) is 3.37. The quantitative estimate of drug-likeness (QED) is 0.460. The molecule has 3 amide bonds. The van der Waals surface area contributed by atoms with Gasteiger partial charge >= 0.3 is 0 Å². The lowest BCUT2D eigenvalue weighted by atomic mass is 10.1. The number of carbonyl (C=O) groups is 3. The number of halogens is 2. The Kier molecular flexibility index (Phi) is 5.01. The van der Waals surface area contributed by atoms with Gasteiger partial charge in [-0.15, -0.1) is 6.42 Å². The van der Waals surface area contributed by atoms with Crippen LogP contribution < -0.4 is 4.80 Å². The van der Waals surface area contributed by atoms with Crippen molar-refractivity contribution >= 4 is 62.5 Å². The molecule has 1 aromatic heterocycles. The van der Waals surface area contributed by atoms with Gasteiger partial charge in [0.2, 0.25) is 0 Å². The minimum Gasteiger partial charge on any atom is -0.303 e. The van der Waals surface area contributed by atoms with Crippen LogP contribution in [0.2, 0.25) is 10.0 Å². The molecule has 0 radical (unpaired) electrons. The topological polar surface area (TPSA) is 71.7 Å². The van der Waals surface area contributed by atoms with E-state index < -0.39 is 24.3 Å². The monoisotopic (exact) mass is 443 g/mol. The van der Waals surface area contributed by atoms with Crippen molar-refractivity contribution in [2.45, 2.75) is 6.54 Å². The van der Waals surface area contributed by atoms with Gasteiger partial charge in [-0.2, -0.15) is 4.99 Å². The Labute approximate surface area is 179 Å². The number of hydrogen-bond donors (Lipinski definition) is 0. The fourth-order valence-electron chi connectivity index (χ4n) is 3.11. The number of hydrogen-bond acceptors (Lipinski definition) is 4. The summed E-state index contributed by atoms with van der Waals surface area (Å²) in [4.78, 5) is 42.7. The summed E-state index contributed by atoms with van der Waals surface area (Å²) in [5, 5.41) is 0.828. The number of rotatable bonds is 3. The summed E-state index contributed by atoms with van der Waals surface area (Å²) in [6, 6.07) is 9.71. The second-order valence-corrected chi connectivity index (χ2v) is 8.01. The predicted molar refractivity (Wildman–Crippen MR) is 111 cm³/mol. The highest BCUT2D eigenvalue weighted by Crippen LogP contribution is 2.29. The van der Waals surface area contributed by atoms with Gasteiger partial charge in [0.15, 0.2) is 4.80 Å². The van der Waals surface area contributed by atoms with E-state index in [1.54, 1.807) is 41.0 Å². The Morgan fingerprint density at radius 1 is 1.14 bits per heavy atom. The molecule has 0 fully saturated rings. The Bertz CT molecular complexity index is 1280. The molecule has 2 heterocycles. The standard InChI is InChI=1S/C20H11Cl2N3O3S/c1-2-7-24-17-14(22)8-11(21)9-15(17)29-20(24)23-16(26)10-25-18(27)12-5-3-4-6-13(12)19(25)28/h1,3-6,8-9H,7,10H2. The Morgan fingerprint density at radius 2 is 1.79 bits per heavy atom. The van der Waals surface area contributed by atoms with Crippen molar-refractivity contribution in [1.82, 2.24) is 9.47 Å². The van der Waals surface area contributed by atoms with Crippen LogP contribution in [0.25, 0.3) is 10.2 Å². The van der Waals surface area contributed by atoms with E-state index in [9.17, 15) is 14.4 Å². The molecule has 3 aromatic rings. The van der Waals surface area contributed by atoms with Crippen molar-refractivity contribution in [2.24, 2.45) is 4.99 Å². The molecule has 29 heavy (non-hydrogen) atoms. The fourth-order valence-corrected chi connectivity index (χ4v) is 4.94. The normalized spacial score (nSPS) is 13.8. The molecule has 1 aliphatic heterocycles. The van der Waals surface area contributed by atoms with Crippen molar-refractivity contribution in [3.05, 3.63) is 62.4 Å². The van der Waals surface area contributed by atoms with Crippen LogP contribution in [-0.4, -0.2) is 33.7 Å². The first-order valence-electron chi connectivity index (χ1n) is 8.35. The summed E-state index contributed by atoms with van der Waals surface area (Å²) in [7, 11) is 0. The smallest absolute Gasteiger partial charge is 0.268 e. The van der Waals surface area contributed by atoms with Gasteiger partial charge in [0.25, 0.3) is 17.7 Å². The van der Waals surface area contributed by atoms with E-state index in [0.717, 1.165) is 4.90 Å². The lowest BCUT2D eigenvalue weighted by Crippen LogP contribution is -2.35. The number of amides is 3. The number of thiazole rings is 1. The SMILES string of the molecule is C#CCn1c(=NC(=O)CN2C(=O)c3ccccc3C2=O)sc2cc(Cl)cc(Cl)c21. The molecule has 9 heteroatoms. The van der Waals surface area contributed by atoms with E-state index in [4.69, 9.17) is 29.6 Å². The zero-order valence-corrected chi connectivity index (χ0v) is 17.0. The Morgan fingerprint density at radius 3 is 2.41 bits per heavy atom. The molecule has 0 spiro atoms. The summed E-state index contributed by atoms with van der Waals surface area (Å²) < 4.78 is 2.34. The number of terminal acetylenes is 1. The van der Waals surface area contributed by atoms with Crippen molar-refractivity contribution in [3.63, 3.8) is 0 Å². The van der Waals surface area contributed by atoms with Crippen LogP contribution in [0.1, 0.15) is 20.7 Å². The van der Waals surface area contributed by atoms with Gasteiger partial charge in [-0.25, -0.2) is 0 Å². The van der Waals surface area contributed by atoms with Gasteiger partial charge in [-0.1, -0.05) is 52.6 Å². The molecule has 4 rings (SSSR count). The first-order valence-corrected chi connectivity index (χ1v) is 9.92. The minimum absolute atomic E-state index is 0.139. The summed E-state index contributed by atoms with van der Waals surface area (Å²) in [6.07, 6.45) is 5.45. The molecule has 0 bridgehead atoms. The van der Waals surface area contributed by atoms with Crippen molar-refractivity contribution in [3.8, 4) is 12.3 Å². The second-order valence-electron chi connectivity index (χ2n) is 6.16. The van der Waals surface area contributed by atoms with E-state index in [1.807, 2.05) is 0 Å². The van der Waals surface area contributed by atoms with E-state index in [-0.39, 0.29) is 17.7 Å². The molecule has 0 unspecified atom stereocenters. The molecular weight excluding hydrogens is 433 g/mol. The molecule has 0 aliphatic carbocycles. The lowest BCUT2D eigenvalue weighted by molar-refractivity contribution is -0.118. The summed E-state index contributed by atoms with van der Waals surface area (Å²) in [5.74, 6) is 0.818. The summed E-state index contributed by atoms with van der Waals surface area (Å²) >= 11 is 13.5. The third kappa shape index (κ3) is 3.36. The number of nitrogens with zero attached hydrogens (tertiary/aromatic N) is 3. The Balaban J connectivity index is 1.71. The first-order chi connectivity index (χ1) is 13.9. The molecule has 0 saturated carbocycles. The number of fused-ring (bicyclic) bond motifs is 2. The van der Waals surface area contributed by atoms with Crippen molar-refractivity contribution in [1.29, 1.82) is 0 Å². The van der Waals surface area contributed by atoms with E-state index >= 15 is 0 Å². The third-order valence-corrected chi connectivity index (χ3v) is 5.87. The van der Waals surface area contributed by atoms with Gasteiger partial charge in [-0.3, -0.25) is 19.3 Å². The maximum Gasteiger partial charge on any atom is 0.268 e. The van der Waals surface area contributed by atoms with Crippen LogP contribution in [0, 0.1) is 12.3 Å². The Hall–Kier alpha value is -2.92. The molecule has 1 aliphatic rings. The maximum atomic E-state index is 12.6. The van der Waals surface area contributed by atoms with E-state index in [2.05, 4.69) is 10.9 Å². The largest absolute Gasteiger partial charge is 0.303 e. The van der Waals surface area contributed by atoms with E-state index in [1.165, 1.54) is 11.3 Å². The number of aromatic nitrogens is 1. The number of imide groups is 1. The third-order valence-electron chi connectivity index (χ3n) is 4.34. The van der Waals surface area contributed by atoms with Crippen LogP contribution in [0.5, 0.6) is 0 Å². The van der Waals surface area contributed by atoms with Crippen LogP contribution in [0.4, 0.5) is 0 Å². The van der Waals surface area contributed by atoms with Crippen LogP contribution >= 0.6 is 34.5 Å². The second kappa shape index (κ2) is 7.48. The highest BCUT2D eigenvalue weighted by atomic mass is 35.5. The summed E-state index contributed by atoms with van der Waals surface area (Å²) in [5.41, 5.74) is 1.17. The number of benzene rings is 2. The zero-order chi connectivity index (χ0) is 20.7. The first kappa shape index (κ1) is 19.4. The molecule has 2 aromatic carbocycles. The molecular formula is C20H11Cl2N3O3S. The zero-order valence-electron chi connectivity index (χ0n) is 14.7. The highest BCUT2D eigenvalue weighted by molar-refractivity contribution is 7.16. The molecule has 0 saturated heterocycles. The summed E-state index contributed by atoms with van der Waals surface area (Å²) in [6.45, 7) is -0.328. The van der Waals surface area contributed by atoms with Gasteiger partial charge in [0.05, 0.1) is 32.9 Å². The van der Waals surface area contributed by atoms with Crippen molar-refractivity contribution in [2.75, 3.05) is 6.54 Å². The van der Waals surface area contributed by atoms with Gasteiger partial charge in [0.1, 0.15) is 6.54 Å². The maximum absolute atomic E-state index is 12.6. The van der Waals surface area contributed by atoms with Gasteiger partial charge in [0, 0.05) is 5.02 Å². The molecule has 0 atom stereocenters. The van der Waals surface area contributed by atoms with Crippen molar-refractivity contribution < 1.29 is 14.4 Å².